The Balaban J connectivity index is 1.46. The molecule has 0 atom stereocenters. The Kier molecular flexibility index (Phi) is 8.33. The molecule has 3 aromatic carbocycles. The van der Waals surface area contributed by atoms with Crippen molar-refractivity contribution in [3.63, 3.8) is 0 Å². The van der Waals surface area contributed by atoms with Gasteiger partial charge in [-0.05, 0) is 73.3 Å². The molecule has 4 heteroatoms. The lowest BCUT2D eigenvalue weighted by molar-refractivity contribution is 0.303. The zero-order valence-corrected chi connectivity index (χ0v) is 20.5. The molecule has 1 nitrogen and oxygen atoms in total. The second kappa shape index (κ2) is 11.6. The van der Waals surface area contributed by atoms with Gasteiger partial charge in [-0.15, -0.1) is 0 Å². The van der Waals surface area contributed by atoms with Crippen molar-refractivity contribution in [3.8, 4) is 16.9 Å². The van der Waals surface area contributed by atoms with E-state index >= 15 is 8.78 Å². The summed E-state index contributed by atoms with van der Waals surface area (Å²) in [5, 5.41) is 0. The predicted molar refractivity (Wildman–Crippen MR) is 138 cm³/mol. The molecular formula is C31H33F3O. The zero-order valence-electron chi connectivity index (χ0n) is 20.5. The van der Waals surface area contributed by atoms with Crippen LogP contribution in [0.4, 0.5) is 13.2 Å². The quantitative estimate of drug-likeness (QED) is 0.293. The molecule has 0 unspecified atom stereocenters. The van der Waals surface area contributed by atoms with Crippen molar-refractivity contribution in [1.82, 2.24) is 0 Å². The third-order valence-corrected chi connectivity index (χ3v) is 7.06. The van der Waals surface area contributed by atoms with Crippen LogP contribution in [0, 0.1) is 23.4 Å². The topological polar surface area (TPSA) is 9.23 Å². The first kappa shape index (κ1) is 25.1. The first-order valence-corrected chi connectivity index (χ1v) is 12.7. The summed E-state index contributed by atoms with van der Waals surface area (Å²) in [7, 11) is 0. The molecule has 1 aliphatic rings. The van der Waals surface area contributed by atoms with Crippen molar-refractivity contribution in [2.45, 2.75) is 58.3 Å². The van der Waals surface area contributed by atoms with E-state index in [1.54, 1.807) is 48.6 Å². The van der Waals surface area contributed by atoms with Crippen molar-refractivity contribution in [3.05, 3.63) is 88.7 Å². The minimum Gasteiger partial charge on any atom is -0.494 e. The van der Waals surface area contributed by atoms with Crippen molar-refractivity contribution in [2.24, 2.45) is 5.92 Å². The van der Waals surface area contributed by atoms with Crippen molar-refractivity contribution < 1.29 is 17.9 Å². The highest BCUT2D eigenvalue weighted by Crippen LogP contribution is 2.40. The lowest BCUT2D eigenvalue weighted by atomic mass is 9.77. The Labute approximate surface area is 206 Å². The van der Waals surface area contributed by atoms with E-state index in [4.69, 9.17) is 4.74 Å². The smallest absolute Gasteiger partial charge is 0.166 e. The fraction of sp³-hybridized carbons (Fsp3) is 0.355. The fourth-order valence-electron chi connectivity index (χ4n) is 5.13. The van der Waals surface area contributed by atoms with Gasteiger partial charge in [0.05, 0.1) is 6.61 Å². The van der Waals surface area contributed by atoms with Crippen LogP contribution >= 0.6 is 0 Å². The molecule has 1 aliphatic carbocycles. The number of rotatable bonds is 8. The van der Waals surface area contributed by atoms with Crippen molar-refractivity contribution in [2.75, 3.05) is 6.61 Å². The minimum atomic E-state index is -0.780. The van der Waals surface area contributed by atoms with E-state index in [1.165, 1.54) is 18.9 Å². The molecule has 184 valence electrons. The van der Waals surface area contributed by atoms with Gasteiger partial charge in [0.15, 0.2) is 11.6 Å². The van der Waals surface area contributed by atoms with Crippen molar-refractivity contribution >= 4 is 12.2 Å². The third kappa shape index (κ3) is 5.98. The molecule has 1 saturated carbocycles. The van der Waals surface area contributed by atoms with E-state index in [0.29, 0.717) is 29.0 Å². The summed E-state index contributed by atoms with van der Waals surface area (Å²) in [5.74, 6) is -0.533. The molecule has 0 aliphatic heterocycles. The number of hydrogen-bond donors (Lipinski definition) is 0. The second-order valence-electron chi connectivity index (χ2n) is 9.41. The number of halogens is 3. The maximum Gasteiger partial charge on any atom is 0.166 e. The molecule has 0 radical (unpaired) electrons. The minimum absolute atomic E-state index is 0.0992. The Morgan fingerprint density at radius 1 is 0.829 bits per heavy atom. The molecule has 35 heavy (non-hydrogen) atoms. The molecule has 3 aromatic rings. The van der Waals surface area contributed by atoms with Gasteiger partial charge in [0.2, 0.25) is 0 Å². The van der Waals surface area contributed by atoms with Crippen LogP contribution in [0.1, 0.15) is 75.0 Å². The zero-order chi connectivity index (χ0) is 24.8. The SMILES string of the molecule is CCCC1CCC(c2ccc(-c3ccc(/C=C/c4ccc(OCC)cc4F)cc3)c(F)c2F)CC1. The molecule has 0 aromatic heterocycles. The molecular weight excluding hydrogens is 445 g/mol. The van der Waals surface area contributed by atoms with Crippen LogP contribution in [-0.4, -0.2) is 6.61 Å². The Morgan fingerprint density at radius 3 is 2.23 bits per heavy atom. The summed E-state index contributed by atoms with van der Waals surface area (Å²) in [6.45, 7) is 4.53. The molecule has 0 saturated heterocycles. The van der Waals surface area contributed by atoms with Gasteiger partial charge < -0.3 is 4.74 Å². The van der Waals surface area contributed by atoms with Crippen LogP contribution in [0.15, 0.2) is 54.6 Å². The van der Waals surface area contributed by atoms with Crippen LogP contribution in [-0.2, 0) is 0 Å². The number of benzene rings is 3. The van der Waals surface area contributed by atoms with Gasteiger partial charge in [-0.1, -0.05) is 68.3 Å². The van der Waals surface area contributed by atoms with Crippen LogP contribution < -0.4 is 4.74 Å². The Morgan fingerprint density at radius 2 is 1.57 bits per heavy atom. The van der Waals surface area contributed by atoms with E-state index in [2.05, 4.69) is 6.92 Å². The standard InChI is InChI=1S/C31H33F3O/c1-3-5-21-6-11-23(12-7-21)27-18-19-28(31(34)30(27)33)24-13-8-22(9-14-24)10-15-25-16-17-26(35-4-2)20-29(25)32/h8-10,13-21,23H,3-7,11-12H2,1-2H3/b15-10+. The van der Waals surface area contributed by atoms with Crippen LogP contribution in [0.3, 0.4) is 0 Å². The highest BCUT2D eigenvalue weighted by molar-refractivity contribution is 5.73. The van der Waals surface area contributed by atoms with E-state index < -0.39 is 11.6 Å². The highest BCUT2D eigenvalue weighted by atomic mass is 19.2. The van der Waals surface area contributed by atoms with Crippen LogP contribution in [0.2, 0.25) is 0 Å². The molecule has 0 spiro atoms. The Hall–Kier alpha value is -3.01. The first-order valence-electron chi connectivity index (χ1n) is 12.7. The van der Waals surface area contributed by atoms with Gasteiger partial charge in [0.1, 0.15) is 11.6 Å². The van der Waals surface area contributed by atoms with Gasteiger partial charge in [-0.3, -0.25) is 0 Å². The summed E-state index contributed by atoms with van der Waals surface area (Å²) >= 11 is 0. The van der Waals surface area contributed by atoms with Crippen molar-refractivity contribution in [1.29, 1.82) is 0 Å². The van der Waals surface area contributed by atoms with E-state index in [0.717, 1.165) is 37.2 Å². The van der Waals surface area contributed by atoms with Gasteiger partial charge in [-0.25, -0.2) is 13.2 Å². The predicted octanol–water partition coefficient (Wildman–Crippen LogP) is 9.41. The van der Waals surface area contributed by atoms with Gasteiger partial charge in [0, 0.05) is 17.2 Å². The van der Waals surface area contributed by atoms with E-state index in [1.807, 2.05) is 19.1 Å². The maximum atomic E-state index is 15.1. The molecule has 4 rings (SSSR count). The average molecular weight is 479 g/mol. The highest BCUT2D eigenvalue weighted by Gasteiger charge is 2.26. The monoisotopic (exact) mass is 478 g/mol. The second-order valence-corrected chi connectivity index (χ2v) is 9.41. The van der Waals surface area contributed by atoms with Crippen LogP contribution in [0.25, 0.3) is 23.3 Å². The average Bonchev–Trinajstić information content (AvgIpc) is 2.87. The molecule has 0 heterocycles. The largest absolute Gasteiger partial charge is 0.494 e. The first-order chi connectivity index (χ1) is 17.0. The van der Waals surface area contributed by atoms with Gasteiger partial charge in [0.25, 0.3) is 0 Å². The lowest BCUT2D eigenvalue weighted by Crippen LogP contribution is -2.14. The fourth-order valence-corrected chi connectivity index (χ4v) is 5.13. The van der Waals surface area contributed by atoms with Crippen LogP contribution in [0.5, 0.6) is 5.75 Å². The summed E-state index contributed by atoms with van der Waals surface area (Å²) in [6, 6.07) is 15.4. The summed E-state index contributed by atoms with van der Waals surface area (Å²) in [6.07, 6.45) is 9.92. The maximum absolute atomic E-state index is 15.1. The molecule has 1 fully saturated rings. The lowest BCUT2D eigenvalue weighted by Gasteiger charge is -2.29. The summed E-state index contributed by atoms with van der Waals surface area (Å²) < 4.78 is 49.7. The Bertz CT molecular complexity index is 1160. The van der Waals surface area contributed by atoms with Gasteiger partial charge >= 0.3 is 0 Å². The summed E-state index contributed by atoms with van der Waals surface area (Å²) in [4.78, 5) is 0. The normalized spacial score (nSPS) is 18.2. The van der Waals surface area contributed by atoms with E-state index in [9.17, 15) is 4.39 Å². The molecule has 0 N–H and O–H groups in total. The van der Waals surface area contributed by atoms with Gasteiger partial charge in [-0.2, -0.15) is 0 Å². The summed E-state index contributed by atoms with van der Waals surface area (Å²) in [5.41, 5.74) is 2.68. The van der Waals surface area contributed by atoms with E-state index in [-0.39, 0.29) is 17.3 Å². The number of hydrogen-bond acceptors (Lipinski definition) is 1. The molecule has 0 bridgehead atoms. The number of ether oxygens (including phenoxy) is 1. The third-order valence-electron chi connectivity index (χ3n) is 7.06. The molecule has 0 amide bonds.